The van der Waals surface area contributed by atoms with Gasteiger partial charge in [0.2, 0.25) is 11.8 Å². The average Bonchev–Trinajstić information content (AvgIpc) is 2.67. The normalized spacial score (nSPS) is 22.0. The molecule has 3 rings (SSSR count). The maximum absolute atomic E-state index is 13.5. The van der Waals surface area contributed by atoms with Crippen LogP contribution in [-0.4, -0.2) is 65.5 Å². The molecule has 148 valence electrons. The van der Waals surface area contributed by atoms with Gasteiger partial charge in [-0.3, -0.25) is 14.5 Å². The molecular weight excluding hydrogens is 356 g/mol. The van der Waals surface area contributed by atoms with Gasteiger partial charge in [0.15, 0.2) is 11.6 Å². The van der Waals surface area contributed by atoms with Gasteiger partial charge >= 0.3 is 0 Å². The van der Waals surface area contributed by atoms with E-state index in [1.54, 1.807) is 4.90 Å². The average molecular weight is 381 g/mol. The predicted octanol–water partition coefficient (Wildman–Crippen LogP) is 0.886. The molecular formula is C19H25F2N3O3. The zero-order valence-corrected chi connectivity index (χ0v) is 15.2. The van der Waals surface area contributed by atoms with Crippen LogP contribution in [0.4, 0.5) is 8.78 Å². The Hall–Kier alpha value is -2.06. The van der Waals surface area contributed by atoms with Gasteiger partial charge in [0, 0.05) is 39.3 Å². The van der Waals surface area contributed by atoms with Crippen LogP contribution in [0.5, 0.6) is 0 Å². The third-order valence-corrected chi connectivity index (χ3v) is 5.40. The summed E-state index contributed by atoms with van der Waals surface area (Å²) in [6.07, 6.45) is 1.58. The van der Waals surface area contributed by atoms with Crippen molar-refractivity contribution in [3.8, 4) is 0 Å². The lowest BCUT2D eigenvalue weighted by Crippen LogP contribution is -2.56. The number of amides is 2. The molecule has 2 saturated heterocycles. The number of nitrogens with one attached hydrogen (secondary N) is 1. The Morgan fingerprint density at radius 3 is 2.59 bits per heavy atom. The van der Waals surface area contributed by atoms with Gasteiger partial charge in [-0.15, -0.1) is 0 Å². The molecule has 0 unspecified atom stereocenters. The van der Waals surface area contributed by atoms with Gasteiger partial charge in [-0.05, 0) is 36.5 Å². The van der Waals surface area contributed by atoms with Crippen LogP contribution in [0.3, 0.4) is 0 Å². The minimum absolute atomic E-state index is 0.0549. The molecule has 0 saturated carbocycles. The smallest absolute Gasteiger partial charge is 0.237 e. The summed E-state index contributed by atoms with van der Waals surface area (Å²) in [5.41, 5.74) is 0.560. The summed E-state index contributed by atoms with van der Waals surface area (Å²) in [5, 5.41) is 12.0. The Kier molecular flexibility index (Phi) is 6.38. The van der Waals surface area contributed by atoms with Crippen LogP contribution < -0.4 is 5.32 Å². The molecule has 1 aromatic carbocycles. The third kappa shape index (κ3) is 4.81. The summed E-state index contributed by atoms with van der Waals surface area (Å²) in [6.45, 7) is 2.57. The summed E-state index contributed by atoms with van der Waals surface area (Å²) in [4.78, 5) is 28.6. The SMILES string of the molecule is O=C1NCCN(Cc2ccc(F)c(F)c2)[C@H]1CC(=O)N1CCC(CO)CC1. The lowest BCUT2D eigenvalue weighted by Gasteiger charge is -2.37. The van der Waals surface area contributed by atoms with Gasteiger partial charge in [0.1, 0.15) is 0 Å². The number of piperazine rings is 1. The van der Waals surface area contributed by atoms with E-state index in [0.717, 1.165) is 25.0 Å². The molecule has 2 aliphatic heterocycles. The molecule has 2 fully saturated rings. The topological polar surface area (TPSA) is 72.9 Å². The molecule has 0 radical (unpaired) electrons. The predicted molar refractivity (Wildman–Crippen MR) is 94.6 cm³/mol. The number of nitrogens with zero attached hydrogens (tertiary/aromatic N) is 2. The van der Waals surface area contributed by atoms with Crippen molar-refractivity contribution in [2.75, 3.05) is 32.8 Å². The second kappa shape index (κ2) is 8.75. The van der Waals surface area contributed by atoms with Crippen LogP contribution in [-0.2, 0) is 16.1 Å². The molecule has 6 nitrogen and oxygen atoms in total. The van der Waals surface area contributed by atoms with Crippen molar-refractivity contribution in [3.63, 3.8) is 0 Å². The van der Waals surface area contributed by atoms with Crippen molar-refractivity contribution in [1.82, 2.24) is 15.1 Å². The molecule has 2 N–H and O–H groups in total. The molecule has 0 aliphatic carbocycles. The van der Waals surface area contributed by atoms with E-state index in [0.29, 0.717) is 31.7 Å². The Labute approximate surface area is 157 Å². The van der Waals surface area contributed by atoms with E-state index >= 15 is 0 Å². The van der Waals surface area contributed by atoms with E-state index < -0.39 is 17.7 Å². The maximum Gasteiger partial charge on any atom is 0.237 e. The number of benzene rings is 1. The Morgan fingerprint density at radius 1 is 1.19 bits per heavy atom. The van der Waals surface area contributed by atoms with Gasteiger partial charge in [0.25, 0.3) is 0 Å². The molecule has 0 spiro atoms. The zero-order chi connectivity index (χ0) is 19.4. The highest BCUT2D eigenvalue weighted by Crippen LogP contribution is 2.20. The molecule has 1 aromatic rings. The minimum atomic E-state index is -0.923. The summed E-state index contributed by atoms with van der Waals surface area (Å²) in [6, 6.07) is 3.05. The molecule has 2 amide bonds. The van der Waals surface area contributed by atoms with Crippen molar-refractivity contribution in [3.05, 3.63) is 35.4 Å². The number of piperidine rings is 1. The second-order valence-electron chi connectivity index (χ2n) is 7.24. The highest BCUT2D eigenvalue weighted by atomic mass is 19.2. The molecule has 2 heterocycles. The standard InChI is InChI=1S/C19H25F2N3O3/c20-15-2-1-14(9-16(15)21)11-24-8-5-22-19(27)17(24)10-18(26)23-6-3-13(12-25)4-7-23/h1-2,9,13,17,25H,3-8,10-12H2,(H,22,27)/t17-/m0/s1. The highest BCUT2D eigenvalue weighted by molar-refractivity contribution is 5.88. The van der Waals surface area contributed by atoms with E-state index in [-0.39, 0.29) is 37.3 Å². The summed E-state index contributed by atoms with van der Waals surface area (Å²) < 4.78 is 26.6. The molecule has 27 heavy (non-hydrogen) atoms. The molecule has 0 bridgehead atoms. The molecule has 8 heteroatoms. The van der Waals surface area contributed by atoms with Crippen LogP contribution >= 0.6 is 0 Å². The molecule has 0 aromatic heterocycles. The van der Waals surface area contributed by atoms with Crippen molar-refractivity contribution >= 4 is 11.8 Å². The Morgan fingerprint density at radius 2 is 1.93 bits per heavy atom. The lowest BCUT2D eigenvalue weighted by atomic mass is 9.97. The number of hydrogen-bond donors (Lipinski definition) is 2. The fourth-order valence-corrected chi connectivity index (χ4v) is 3.71. The van der Waals surface area contributed by atoms with E-state index in [2.05, 4.69) is 5.32 Å². The van der Waals surface area contributed by atoms with Crippen LogP contribution in [0.1, 0.15) is 24.8 Å². The van der Waals surface area contributed by atoms with Crippen LogP contribution in [0.25, 0.3) is 0 Å². The van der Waals surface area contributed by atoms with E-state index in [9.17, 15) is 23.5 Å². The number of hydrogen-bond acceptors (Lipinski definition) is 4. The summed E-state index contributed by atoms with van der Waals surface area (Å²) >= 11 is 0. The van der Waals surface area contributed by atoms with Crippen molar-refractivity contribution < 1.29 is 23.5 Å². The number of carbonyl (C=O) groups excluding carboxylic acids is 2. The van der Waals surface area contributed by atoms with Gasteiger partial charge in [-0.25, -0.2) is 8.78 Å². The first kappa shape index (κ1) is 19.7. The third-order valence-electron chi connectivity index (χ3n) is 5.40. The van der Waals surface area contributed by atoms with Crippen molar-refractivity contribution in [1.29, 1.82) is 0 Å². The first-order valence-corrected chi connectivity index (χ1v) is 9.32. The van der Waals surface area contributed by atoms with Crippen molar-refractivity contribution in [2.24, 2.45) is 5.92 Å². The largest absolute Gasteiger partial charge is 0.396 e. The first-order chi connectivity index (χ1) is 13.0. The molecule has 1 atom stereocenters. The Bertz CT molecular complexity index is 693. The van der Waals surface area contributed by atoms with Crippen molar-refractivity contribution in [2.45, 2.75) is 31.8 Å². The first-order valence-electron chi connectivity index (χ1n) is 9.32. The number of likely N-dealkylation sites (tertiary alicyclic amines) is 1. The summed E-state index contributed by atoms with van der Waals surface area (Å²) in [7, 11) is 0. The highest BCUT2D eigenvalue weighted by Gasteiger charge is 2.33. The van der Waals surface area contributed by atoms with Gasteiger partial charge in [-0.2, -0.15) is 0 Å². The minimum Gasteiger partial charge on any atom is -0.396 e. The number of carbonyl (C=O) groups is 2. The number of rotatable bonds is 5. The fourth-order valence-electron chi connectivity index (χ4n) is 3.71. The van der Waals surface area contributed by atoms with Crippen LogP contribution in [0, 0.1) is 17.6 Å². The Balaban J connectivity index is 1.64. The van der Waals surface area contributed by atoms with Crippen LogP contribution in [0.2, 0.25) is 0 Å². The number of halogens is 2. The van der Waals surface area contributed by atoms with Crippen LogP contribution in [0.15, 0.2) is 18.2 Å². The second-order valence-corrected chi connectivity index (χ2v) is 7.24. The zero-order valence-electron chi connectivity index (χ0n) is 15.2. The number of aliphatic hydroxyl groups excluding tert-OH is 1. The number of aliphatic hydroxyl groups is 1. The van der Waals surface area contributed by atoms with Gasteiger partial charge < -0.3 is 15.3 Å². The van der Waals surface area contributed by atoms with Gasteiger partial charge in [-0.1, -0.05) is 6.07 Å². The molecule has 2 aliphatic rings. The maximum atomic E-state index is 13.5. The lowest BCUT2D eigenvalue weighted by molar-refractivity contribution is -0.140. The van der Waals surface area contributed by atoms with E-state index in [4.69, 9.17) is 0 Å². The van der Waals surface area contributed by atoms with E-state index in [1.165, 1.54) is 6.07 Å². The fraction of sp³-hybridized carbons (Fsp3) is 0.579. The van der Waals surface area contributed by atoms with E-state index in [1.807, 2.05) is 4.90 Å². The summed E-state index contributed by atoms with van der Waals surface area (Å²) in [5.74, 6) is -1.91. The quantitative estimate of drug-likeness (QED) is 0.795. The monoisotopic (exact) mass is 381 g/mol. The van der Waals surface area contributed by atoms with Gasteiger partial charge in [0.05, 0.1) is 12.5 Å².